The van der Waals surface area contributed by atoms with Gasteiger partial charge in [0.05, 0.1) is 0 Å². The molecular weight excluding hydrogens is 216 g/mol. The molecule has 0 spiro atoms. The average molecular weight is 229 g/mol. The van der Waals surface area contributed by atoms with E-state index in [0.717, 1.165) is 0 Å². The molecule has 0 aliphatic rings. The van der Waals surface area contributed by atoms with Gasteiger partial charge in [-0.05, 0) is 26.2 Å². The Kier molecular flexibility index (Phi) is 4.45. The summed E-state index contributed by atoms with van der Waals surface area (Å²) >= 11 is 5.56. The molecule has 0 saturated heterocycles. The van der Waals surface area contributed by atoms with Gasteiger partial charge in [-0.2, -0.15) is 0 Å². The second kappa shape index (κ2) is 5.63. The van der Waals surface area contributed by atoms with Gasteiger partial charge in [0.15, 0.2) is 11.0 Å². The van der Waals surface area contributed by atoms with Crippen LogP contribution in [-0.4, -0.2) is 41.6 Å². The van der Waals surface area contributed by atoms with Crippen LogP contribution < -0.4 is 5.32 Å². The van der Waals surface area contributed by atoms with Gasteiger partial charge in [0.25, 0.3) is 0 Å². The Morgan fingerprint density at radius 2 is 2.20 bits per heavy atom. The highest BCUT2D eigenvalue weighted by Gasteiger charge is 2.04. The molecule has 1 amide bonds. The zero-order chi connectivity index (χ0) is 11.3. The van der Waals surface area contributed by atoms with Gasteiger partial charge in [0.1, 0.15) is 0 Å². The van der Waals surface area contributed by atoms with E-state index in [1.54, 1.807) is 12.1 Å². The highest BCUT2D eigenvalue weighted by atomic mass is 35.5. The van der Waals surface area contributed by atoms with E-state index in [1.807, 2.05) is 19.0 Å². The fourth-order valence-electron chi connectivity index (χ4n) is 0.913. The molecule has 1 N–H and O–H groups in total. The molecular formula is C9H13ClN4O. The van der Waals surface area contributed by atoms with E-state index in [1.165, 1.54) is 0 Å². The summed E-state index contributed by atoms with van der Waals surface area (Å²) in [5.74, 6) is 0.337. The Morgan fingerprint density at radius 3 is 2.73 bits per heavy atom. The van der Waals surface area contributed by atoms with Crippen molar-refractivity contribution >= 4 is 23.3 Å². The zero-order valence-electron chi connectivity index (χ0n) is 8.70. The molecule has 1 rings (SSSR count). The number of anilines is 1. The van der Waals surface area contributed by atoms with Gasteiger partial charge in [-0.25, -0.2) is 0 Å². The van der Waals surface area contributed by atoms with Crippen molar-refractivity contribution in [2.24, 2.45) is 0 Å². The summed E-state index contributed by atoms with van der Waals surface area (Å²) in [5.41, 5.74) is 0. The van der Waals surface area contributed by atoms with E-state index < -0.39 is 0 Å². The third-order valence-corrected chi connectivity index (χ3v) is 1.89. The summed E-state index contributed by atoms with van der Waals surface area (Å²) in [4.78, 5) is 13.3. The van der Waals surface area contributed by atoms with Crippen LogP contribution >= 0.6 is 11.6 Å². The van der Waals surface area contributed by atoms with E-state index in [4.69, 9.17) is 11.6 Å². The van der Waals surface area contributed by atoms with E-state index in [0.29, 0.717) is 23.9 Å². The predicted octanol–water partition coefficient (Wildman–Crippen LogP) is 1.02. The number of halogens is 1. The Morgan fingerprint density at radius 1 is 1.47 bits per heavy atom. The molecule has 82 valence electrons. The summed E-state index contributed by atoms with van der Waals surface area (Å²) < 4.78 is 0. The number of rotatable bonds is 4. The normalized spacial score (nSPS) is 10.4. The summed E-state index contributed by atoms with van der Waals surface area (Å²) in [6.45, 7) is 0.701. The summed E-state index contributed by atoms with van der Waals surface area (Å²) in [6, 6.07) is 3.19. The lowest BCUT2D eigenvalue weighted by atomic mass is 10.4. The second-order valence-corrected chi connectivity index (χ2v) is 3.73. The smallest absolute Gasteiger partial charge is 0.226 e. The van der Waals surface area contributed by atoms with Crippen LogP contribution in [0, 0.1) is 0 Å². The minimum absolute atomic E-state index is 0.0830. The van der Waals surface area contributed by atoms with Crippen molar-refractivity contribution in [1.29, 1.82) is 0 Å². The summed E-state index contributed by atoms with van der Waals surface area (Å²) in [6.07, 6.45) is 0.428. The van der Waals surface area contributed by atoms with Crippen molar-refractivity contribution in [2.75, 3.05) is 26.0 Å². The van der Waals surface area contributed by atoms with Gasteiger partial charge in [-0.1, -0.05) is 11.6 Å². The third-order valence-electron chi connectivity index (χ3n) is 1.69. The minimum atomic E-state index is -0.0830. The molecule has 0 aliphatic heterocycles. The number of nitrogens with zero attached hydrogens (tertiary/aromatic N) is 3. The number of aromatic nitrogens is 2. The van der Waals surface area contributed by atoms with Crippen molar-refractivity contribution in [2.45, 2.75) is 6.42 Å². The fraction of sp³-hybridized carbons (Fsp3) is 0.444. The topological polar surface area (TPSA) is 58.1 Å². The van der Waals surface area contributed by atoms with Crippen molar-refractivity contribution in [3.05, 3.63) is 17.3 Å². The molecule has 0 radical (unpaired) electrons. The van der Waals surface area contributed by atoms with Crippen LogP contribution in [0.3, 0.4) is 0 Å². The second-order valence-electron chi connectivity index (χ2n) is 3.34. The van der Waals surface area contributed by atoms with E-state index in [2.05, 4.69) is 15.5 Å². The molecule has 6 heteroatoms. The first kappa shape index (κ1) is 11.9. The van der Waals surface area contributed by atoms with Crippen molar-refractivity contribution in [3.63, 3.8) is 0 Å². The molecule has 0 bridgehead atoms. The minimum Gasteiger partial charge on any atom is -0.309 e. The number of nitrogens with one attached hydrogen (secondary N) is 1. The highest BCUT2D eigenvalue weighted by molar-refractivity contribution is 6.29. The molecule has 0 aromatic carbocycles. The molecule has 5 nitrogen and oxygen atoms in total. The van der Waals surface area contributed by atoms with E-state index in [-0.39, 0.29) is 5.91 Å². The fourth-order valence-corrected chi connectivity index (χ4v) is 1.01. The monoisotopic (exact) mass is 228 g/mol. The Hall–Kier alpha value is -1.20. The van der Waals surface area contributed by atoms with Crippen molar-refractivity contribution in [3.8, 4) is 0 Å². The van der Waals surface area contributed by atoms with Crippen LogP contribution in [0.15, 0.2) is 12.1 Å². The van der Waals surface area contributed by atoms with Crippen LogP contribution in [0.5, 0.6) is 0 Å². The lowest BCUT2D eigenvalue weighted by Crippen LogP contribution is -2.21. The van der Waals surface area contributed by atoms with Gasteiger partial charge in [-0.3, -0.25) is 4.79 Å². The van der Waals surface area contributed by atoms with Crippen LogP contribution in [0.1, 0.15) is 6.42 Å². The van der Waals surface area contributed by atoms with Crippen LogP contribution in [0.2, 0.25) is 5.15 Å². The molecule has 0 unspecified atom stereocenters. The first-order valence-electron chi connectivity index (χ1n) is 4.52. The molecule has 0 aliphatic carbocycles. The summed E-state index contributed by atoms with van der Waals surface area (Å²) in [7, 11) is 3.82. The molecule has 1 aromatic heterocycles. The number of carbonyl (C=O) groups excluding carboxylic acids is 1. The molecule has 15 heavy (non-hydrogen) atoms. The molecule has 1 aromatic rings. The van der Waals surface area contributed by atoms with Crippen LogP contribution in [-0.2, 0) is 4.79 Å². The molecule has 1 heterocycles. The quantitative estimate of drug-likeness (QED) is 0.836. The maximum absolute atomic E-state index is 11.4. The Bertz CT molecular complexity index is 325. The molecule has 0 atom stereocenters. The van der Waals surface area contributed by atoms with Crippen molar-refractivity contribution in [1.82, 2.24) is 15.1 Å². The van der Waals surface area contributed by atoms with Gasteiger partial charge < -0.3 is 10.2 Å². The van der Waals surface area contributed by atoms with Crippen LogP contribution in [0.25, 0.3) is 0 Å². The standard InChI is InChI=1S/C9H13ClN4O/c1-14(2)6-5-9(15)11-8-4-3-7(10)12-13-8/h3-4H,5-6H2,1-2H3,(H,11,13,15). The van der Waals surface area contributed by atoms with Crippen molar-refractivity contribution < 1.29 is 4.79 Å². The first-order valence-corrected chi connectivity index (χ1v) is 4.89. The number of hydrogen-bond donors (Lipinski definition) is 1. The zero-order valence-corrected chi connectivity index (χ0v) is 9.45. The molecule has 0 fully saturated rings. The number of hydrogen-bond acceptors (Lipinski definition) is 4. The lowest BCUT2D eigenvalue weighted by Gasteiger charge is -2.08. The summed E-state index contributed by atoms with van der Waals surface area (Å²) in [5, 5.41) is 10.3. The van der Waals surface area contributed by atoms with Gasteiger partial charge in [0.2, 0.25) is 5.91 Å². The highest BCUT2D eigenvalue weighted by Crippen LogP contribution is 2.06. The number of carbonyl (C=O) groups is 1. The largest absolute Gasteiger partial charge is 0.309 e. The van der Waals surface area contributed by atoms with Gasteiger partial charge >= 0.3 is 0 Å². The lowest BCUT2D eigenvalue weighted by molar-refractivity contribution is -0.116. The van der Waals surface area contributed by atoms with E-state index in [9.17, 15) is 4.79 Å². The van der Waals surface area contributed by atoms with Crippen LogP contribution in [0.4, 0.5) is 5.82 Å². The Labute approximate surface area is 93.4 Å². The maximum Gasteiger partial charge on any atom is 0.226 e. The SMILES string of the molecule is CN(C)CCC(=O)Nc1ccc(Cl)nn1. The Balaban J connectivity index is 2.41. The molecule has 0 saturated carbocycles. The maximum atomic E-state index is 11.4. The van der Waals surface area contributed by atoms with Gasteiger partial charge in [0, 0.05) is 13.0 Å². The van der Waals surface area contributed by atoms with E-state index >= 15 is 0 Å². The average Bonchev–Trinajstić information content (AvgIpc) is 2.19. The third kappa shape index (κ3) is 4.71. The predicted molar refractivity (Wildman–Crippen MR) is 58.8 cm³/mol. The first-order chi connectivity index (χ1) is 7.08. The van der Waals surface area contributed by atoms with Gasteiger partial charge in [-0.15, -0.1) is 10.2 Å². The number of amides is 1.